The van der Waals surface area contributed by atoms with Crippen molar-refractivity contribution in [2.24, 2.45) is 0 Å². The Morgan fingerprint density at radius 2 is 1.85 bits per heavy atom. The van der Waals surface area contributed by atoms with Gasteiger partial charge in [-0.25, -0.2) is 0 Å². The predicted molar refractivity (Wildman–Crippen MR) is 101 cm³/mol. The van der Waals surface area contributed by atoms with Crippen LogP contribution in [0.3, 0.4) is 0 Å². The molecule has 0 amide bonds. The summed E-state index contributed by atoms with van der Waals surface area (Å²) in [7, 11) is 1.54. The Morgan fingerprint density at radius 1 is 1.08 bits per heavy atom. The van der Waals surface area contributed by atoms with Crippen LogP contribution in [0.15, 0.2) is 71.2 Å². The van der Waals surface area contributed by atoms with E-state index in [1.165, 1.54) is 13.2 Å². The quantitative estimate of drug-likeness (QED) is 0.413. The molecule has 0 aliphatic heterocycles. The highest BCUT2D eigenvalue weighted by molar-refractivity contribution is 6.30. The molecule has 26 heavy (non-hydrogen) atoms. The number of ether oxygens (including phenoxy) is 2. The minimum atomic E-state index is -0.155. The van der Waals surface area contributed by atoms with Crippen molar-refractivity contribution in [2.45, 2.75) is 6.61 Å². The van der Waals surface area contributed by atoms with E-state index in [1.807, 2.05) is 12.1 Å². The van der Waals surface area contributed by atoms with Gasteiger partial charge in [0.25, 0.3) is 0 Å². The van der Waals surface area contributed by atoms with Crippen molar-refractivity contribution in [2.75, 3.05) is 7.11 Å². The molecule has 0 spiro atoms. The SMILES string of the molecule is COc1ccccc1C(=O)/C=C/c1ccc(COc2ccc(Cl)cc2)o1. The summed E-state index contributed by atoms with van der Waals surface area (Å²) in [5, 5.41) is 0.655. The molecule has 0 unspecified atom stereocenters. The first-order valence-corrected chi connectivity index (χ1v) is 8.36. The van der Waals surface area contributed by atoms with E-state index in [2.05, 4.69) is 0 Å². The lowest BCUT2D eigenvalue weighted by Gasteiger charge is -2.04. The van der Waals surface area contributed by atoms with Crippen molar-refractivity contribution in [3.8, 4) is 11.5 Å². The fourth-order valence-electron chi connectivity index (χ4n) is 2.34. The van der Waals surface area contributed by atoms with Gasteiger partial charge in [0.2, 0.25) is 0 Å². The molecule has 0 radical (unpaired) electrons. The van der Waals surface area contributed by atoms with Crippen LogP contribution < -0.4 is 9.47 Å². The number of methoxy groups -OCH3 is 1. The number of rotatable bonds is 7. The number of carbonyl (C=O) groups excluding carboxylic acids is 1. The first kappa shape index (κ1) is 17.8. The lowest BCUT2D eigenvalue weighted by Crippen LogP contribution is -1.98. The molecule has 0 saturated carbocycles. The van der Waals surface area contributed by atoms with Gasteiger partial charge in [-0.1, -0.05) is 23.7 Å². The van der Waals surface area contributed by atoms with Crippen LogP contribution >= 0.6 is 11.6 Å². The second-order valence-electron chi connectivity index (χ2n) is 5.44. The fraction of sp³-hybridized carbons (Fsp3) is 0.0952. The minimum Gasteiger partial charge on any atom is -0.496 e. The maximum absolute atomic E-state index is 12.3. The molecule has 0 saturated heterocycles. The lowest BCUT2D eigenvalue weighted by atomic mass is 10.1. The maximum Gasteiger partial charge on any atom is 0.189 e. The van der Waals surface area contributed by atoms with Crippen LogP contribution in [0, 0.1) is 0 Å². The number of allylic oxidation sites excluding steroid dienone is 1. The van der Waals surface area contributed by atoms with Crippen LogP contribution in [0.5, 0.6) is 11.5 Å². The average Bonchev–Trinajstić information content (AvgIpc) is 3.13. The van der Waals surface area contributed by atoms with Gasteiger partial charge >= 0.3 is 0 Å². The summed E-state index contributed by atoms with van der Waals surface area (Å²) in [4.78, 5) is 12.3. The molecule has 0 fully saturated rings. The first-order chi connectivity index (χ1) is 12.7. The number of furan rings is 1. The summed E-state index contributed by atoms with van der Waals surface area (Å²) in [5.41, 5.74) is 0.504. The fourth-order valence-corrected chi connectivity index (χ4v) is 2.47. The Morgan fingerprint density at radius 3 is 2.62 bits per heavy atom. The highest BCUT2D eigenvalue weighted by Gasteiger charge is 2.08. The summed E-state index contributed by atoms with van der Waals surface area (Å²) < 4.78 is 16.5. The number of ketones is 1. The second kappa shape index (κ2) is 8.41. The molecule has 0 bridgehead atoms. The normalized spacial score (nSPS) is 10.8. The molecule has 3 rings (SSSR count). The van der Waals surface area contributed by atoms with Crippen molar-refractivity contribution < 1.29 is 18.7 Å². The van der Waals surface area contributed by atoms with Gasteiger partial charge in [0.15, 0.2) is 5.78 Å². The molecule has 0 atom stereocenters. The van der Waals surface area contributed by atoms with E-state index in [-0.39, 0.29) is 12.4 Å². The number of halogens is 1. The molecule has 132 valence electrons. The van der Waals surface area contributed by atoms with Gasteiger partial charge in [-0.15, -0.1) is 0 Å². The third-order valence-electron chi connectivity index (χ3n) is 3.65. The van der Waals surface area contributed by atoms with Crippen LogP contribution in [0.25, 0.3) is 6.08 Å². The van der Waals surface area contributed by atoms with E-state index in [9.17, 15) is 4.79 Å². The van der Waals surface area contributed by atoms with Gasteiger partial charge in [0.1, 0.15) is 29.6 Å². The van der Waals surface area contributed by atoms with Gasteiger partial charge in [-0.05, 0) is 60.7 Å². The highest BCUT2D eigenvalue weighted by Crippen LogP contribution is 2.20. The molecule has 3 aromatic rings. The molecule has 1 aromatic heterocycles. The summed E-state index contributed by atoms with van der Waals surface area (Å²) in [6, 6.07) is 17.8. The Labute approximate surface area is 156 Å². The summed E-state index contributed by atoms with van der Waals surface area (Å²) in [6.45, 7) is 0.288. The lowest BCUT2D eigenvalue weighted by molar-refractivity contribution is 0.104. The number of carbonyl (C=O) groups is 1. The van der Waals surface area contributed by atoms with Crippen molar-refractivity contribution in [3.63, 3.8) is 0 Å². The largest absolute Gasteiger partial charge is 0.496 e. The minimum absolute atomic E-state index is 0.155. The van der Waals surface area contributed by atoms with E-state index in [0.717, 1.165) is 0 Å². The van der Waals surface area contributed by atoms with Gasteiger partial charge in [-0.2, -0.15) is 0 Å². The van der Waals surface area contributed by atoms with Crippen LogP contribution in [-0.2, 0) is 6.61 Å². The van der Waals surface area contributed by atoms with Crippen LogP contribution in [0.4, 0.5) is 0 Å². The van der Waals surface area contributed by atoms with Crippen LogP contribution in [0.1, 0.15) is 21.9 Å². The molecule has 0 aliphatic carbocycles. The smallest absolute Gasteiger partial charge is 0.189 e. The third kappa shape index (κ3) is 4.55. The van der Waals surface area contributed by atoms with E-state index < -0.39 is 0 Å². The maximum atomic E-state index is 12.3. The molecular formula is C21H17ClO4. The van der Waals surface area contributed by atoms with Crippen molar-refractivity contribution in [1.29, 1.82) is 0 Å². The summed E-state index contributed by atoms with van der Waals surface area (Å²) >= 11 is 5.84. The molecule has 1 heterocycles. The molecular weight excluding hydrogens is 352 g/mol. The van der Waals surface area contributed by atoms with Gasteiger partial charge in [-0.3, -0.25) is 4.79 Å². The van der Waals surface area contributed by atoms with Crippen LogP contribution in [-0.4, -0.2) is 12.9 Å². The van der Waals surface area contributed by atoms with Crippen LogP contribution in [0.2, 0.25) is 5.02 Å². The molecule has 2 aromatic carbocycles. The van der Waals surface area contributed by atoms with E-state index in [4.69, 9.17) is 25.5 Å². The van der Waals surface area contributed by atoms with Gasteiger partial charge < -0.3 is 13.9 Å². The molecule has 4 nitrogen and oxygen atoms in total. The van der Waals surface area contributed by atoms with E-state index >= 15 is 0 Å². The monoisotopic (exact) mass is 368 g/mol. The van der Waals surface area contributed by atoms with Gasteiger partial charge in [0, 0.05) is 5.02 Å². The Balaban J connectivity index is 1.61. The second-order valence-corrected chi connectivity index (χ2v) is 5.88. The Kier molecular flexibility index (Phi) is 5.77. The van der Waals surface area contributed by atoms with Crippen molar-refractivity contribution in [3.05, 3.63) is 88.8 Å². The zero-order valence-corrected chi connectivity index (χ0v) is 14.9. The summed E-state index contributed by atoms with van der Waals surface area (Å²) in [6.07, 6.45) is 3.08. The number of para-hydroxylation sites is 1. The average molecular weight is 369 g/mol. The third-order valence-corrected chi connectivity index (χ3v) is 3.90. The first-order valence-electron chi connectivity index (χ1n) is 7.98. The molecule has 0 aliphatic rings. The van der Waals surface area contributed by atoms with E-state index in [1.54, 1.807) is 54.6 Å². The Hall–Kier alpha value is -2.98. The number of hydrogen-bond donors (Lipinski definition) is 0. The Bertz CT molecular complexity index is 910. The van der Waals surface area contributed by atoms with Crippen molar-refractivity contribution in [1.82, 2.24) is 0 Å². The standard InChI is InChI=1S/C21H17ClO4/c1-24-21-5-3-2-4-19(21)20(23)13-12-17-10-11-18(26-17)14-25-16-8-6-15(22)7-9-16/h2-13H,14H2,1H3/b13-12+. The van der Waals surface area contributed by atoms with Gasteiger partial charge in [0.05, 0.1) is 12.7 Å². The topological polar surface area (TPSA) is 48.7 Å². The highest BCUT2D eigenvalue weighted by atomic mass is 35.5. The zero-order valence-electron chi connectivity index (χ0n) is 14.1. The summed E-state index contributed by atoms with van der Waals surface area (Å²) in [5.74, 6) is 2.32. The number of benzene rings is 2. The molecule has 5 heteroatoms. The van der Waals surface area contributed by atoms with E-state index in [0.29, 0.717) is 33.6 Å². The zero-order chi connectivity index (χ0) is 18.4. The predicted octanol–water partition coefficient (Wildman–Crippen LogP) is 5.42. The number of hydrogen-bond acceptors (Lipinski definition) is 4. The molecule has 0 N–H and O–H groups in total. The van der Waals surface area contributed by atoms with Crippen molar-refractivity contribution >= 4 is 23.5 Å².